The number of hydrogen-bond acceptors (Lipinski definition) is 0. The van der Waals surface area contributed by atoms with Crippen molar-refractivity contribution in [3.63, 3.8) is 0 Å². The summed E-state index contributed by atoms with van der Waals surface area (Å²) >= 11 is 0. The van der Waals surface area contributed by atoms with E-state index in [2.05, 4.69) is 12.2 Å². The van der Waals surface area contributed by atoms with Crippen molar-refractivity contribution in [3.05, 3.63) is 18.1 Å². The summed E-state index contributed by atoms with van der Waals surface area (Å²) in [5, 5.41) is 0. The summed E-state index contributed by atoms with van der Waals surface area (Å²) in [6, 6.07) is 0. The Bertz CT molecular complexity index is 297. The van der Waals surface area contributed by atoms with Crippen LogP contribution in [0.4, 0.5) is 0 Å². The average Bonchev–Trinajstić information content (AvgIpc) is 2.67. The van der Waals surface area contributed by atoms with Crippen LogP contribution in [0, 0.1) is 11.8 Å². The maximum absolute atomic E-state index is 2.55. The van der Waals surface area contributed by atoms with Crippen molar-refractivity contribution in [1.29, 1.82) is 0 Å². The number of fused-ring (bicyclic) bond motifs is 20. The van der Waals surface area contributed by atoms with Crippen LogP contribution in [0.2, 0.25) is 0 Å². The molecule has 26 heavy (non-hydrogen) atoms. The molecule has 0 N–H and O–H groups in total. The topological polar surface area (TPSA) is 0 Å². The van der Waals surface area contributed by atoms with Crippen molar-refractivity contribution >= 4 is 0 Å². The standard InChI is InChI=1S/C26H47/c1-2-4-6-8-10-12-14-16-18-20-26-23-21-25(22-24-26)19-17-15-13-11-9-7-5-3-1/h21,23,25H,1-20,22,24H2. The van der Waals surface area contributed by atoms with Gasteiger partial charge in [-0.25, -0.2) is 0 Å². The monoisotopic (exact) mass is 359 g/mol. The first-order valence-corrected chi connectivity index (χ1v) is 12.5. The molecular formula is C26H47. The van der Waals surface area contributed by atoms with Crippen molar-refractivity contribution in [2.24, 2.45) is 5.92 Å². The molecule has 0 aromatic rings. The minimum atomic E-state index is 0.893. The SMILES string of the molecule is C1=CC2CCCCCCCCCCCCCCCCCCCC[C]1CC2. The van der Waals surface area contributed by atoms with E-state index < -0.39 is 0 Å². The Balaban J connectivity index is 1.60. The molecule has 151 valence electrons. The lowest BCUT2D eigenvalue weighted by Gasteiger charge is -2.22. The number of rotatable bonds is 0. The molecule has 0 saturated heterocycles. The molecule has 1 radical (unpaired) electrons. The smallest absolute Gasteiger partial charge is 0.00270 e. The summed E-state index contributed by atoms with van der Waals surface area (Å²) in [6.07, 6.45) is 37.4. The van der Waals surface area contributed by atoms with E-state index >= 15 is 0 Å². The van der Waals surface area contributed by atoms with Crippen molar-refractivity contribution in [3.8, 4) is 0 Å². The van der Waals surface area contributed by atoms with Crippen LogP contribution in [-0.2, 0) is 0 Å². The van der Waals surface area contributed by atoms with Gasteiger partial charge in [0.05, 0.1) is 0 Å². The van der Waals surface area contributed by atoms with Crippen LogP contribution >= 0.6 is 0 Å². The summed E-state index contributed by atoms with van der Waals surface area (Å²) < 4.78 is 0. The zero-order valence-electron chi connectivity index (χ0n) is 17.8. The third-order valence-corrected chi connectivity index (χ3v) is 6.76. The molecule has 1 saturated carbocycles. The minimum absolute atomic E-state index is 0.893. The van der Waals surface area contributed by atoms with Crippen LogP contribution in [0.15, 0.2) is 12.2 Å². The Morgan fingerprint density at radius 1 is 0.423 bits per heavy atom. The fourth-order valence-corrected chi connectivity index (χ4v) is 4.86. The Morgan fingerprint density at radius 3 is 1.27 bits per heavy atom. The maximum atomic E-state index is 2.55. The third kappa shape index (κ3) is 11.5. The summed E-state index contributed by atoms with van der Waals surface area (Å²) in [7, 11) is 0. The molecule has 0 spiro atoms. The van der Waals surface area contributed by atoms with E-state index in [9.17, 15) is 0 Å². The van der Waals surface area contributed by atoms with Gasteiger partial charge in [-0.15, -0.1) is 0 Å². The third-order valence-electron chi connectivity index (χ3n) is 6.76. The van der Waals surface area contributed by atoms with E-state index in [0.29, 0.717) is 0 Å². The Kier molecular flexibility index (Phi) is 13.4. The van der Waals surface area contributed by atoms with Gasteiger partial charge in [0, 0.05) is 0 Å². The molecule has 0 amide bonds. The van der Waals surface area contributed by atoms with E-state index in [0.717, 1.165) is 5.92 Å². The molecule has 0 aromatic heterocycles. The van der Waals surface area contributed by atoms with Gasteiger partial charge in [0.2, 0.25) is 0 Å². The summed E-state index contributed by atoms with van der Waals surface area (Å²) in [4.78, 5) is 0. The molecule has 1 unspecified atom stereocenters. The maximum Gasteiger partial charge on any atom is -0.00270 e. The molecule has 0 nitrogen and oxygen atoms in total. The second kappa shape index (κ2) is 15.8. The molecule has 0 aromatic carbocycles. The summed E-state index contributed by atoms with van der Waals surface area (Å²) in [5.41, 5.74) is 0. The highest BCUT2D eigenvalue weighted by Gasteiger charge is 2.15. The lowest BCUT2D eigenvalue weighted by Crippen LogP contribution is -2.07. The van der Waals surface area contributed by atoms with Gasteiger partial charge in [-0.05, 0) is 37.5 Å². The molecule has 3 aliphatic carbocycles. The summed E-state index contributed by atoms with van der Waals surface area (Å²) in [6.45, 7) is 0. The van der Waals surface area contributed by atoms with Crippen LogP contribution in [0.1, 0.15) is 141 Å². The molecule has 3 aliphatic rings. The van der Waals surface area contributed by atoms with Crippen molar-refractivity contribution in [1.82, 2.24) is 0 Å². The van der Waals surface area contributed by atoms with Gasteiger partial charge in [0.15, 0.2) is 0 Å². The number of hydrogen-bond donors (Lipinski definition) is 0. The van der Waals surface area contributed by atoms with Crippen molar-refractivity contribution in [2.45, 2.75) is 141 Å². The quantitative estimate of drug-likeness (QED) is 0.404. The van der Waals surface area contributed by atoms with Gasteiger partial charge in [-0.3, -0.25) is 0 Å². The van der Waals surface area contributed by atoms with E-state index in [1.165, 1.54) is 141 Å². The molecule has 2 bridgehead atoms. The van der Waals surface area contributed by atoms with Crippen LogP contribution in [0.25, 0.3) is 0 Å². The van der Waals surface area contributed by atoms with Crippen LogP contribution < -0.4 is 0 Å². The van der Waals surface area contributed by atoms with Crippen molar-refractivity contribution < 1.29 is 0 Å². The first-order chi connectivity index (χ1) is 12.9. The molecule has 1 atom stereocenters. The van der Waals surface area contributed by atoms with Crippen molar-refractivity contribution in [2.75, 3.05) is 0 Å². The number of allylic oxidation sites excluding steroid dienone is 2. The van der Waals surface area contributed by atoms with E-state index in [1.54, 1.807) is 5.92 Å². The first-order valence-electron chi connectivity index (χ1n) is 12.5. The predicted molar refractivity (Wildman–Crippen MR) is 117 cm³/mol. The average molecular weight is 360 g/mol. The van der Waals surface area contributed by atoms with Gasteiger partial charge in [-0.1, -0.05) is 128 Å². The fourth-order valence-electron chi connectivity index (χ4n) is 4.86. The molecule has 0 heterocycles. The molecule has 0 aliphatic heterocycles. The Labute approximate surface area is 165 Å². The zero-order chi connectivity index (χ0) is 18.1. The minimum Gasteiger partial charge on any atom is -0.0848 e. The molecular weight excluding hydrogens is 312 g/mol. The first kappa shape index (κ1) is 22.0. The second-order valence-electron chi connectivity index (χ2n) is 9.22. The fraction of sp³-hybridized carbons (Fsp3) is 0.885. The lowest BCUT2D eigenvalue weighted by molar-refractivity contribution is 0.462. The van der Waals surface area contributed by atoms with Gasteiger partial charge < -0.3 is 0 Å². The Hall–Kier alpha value is -0.260. The van der Waals surface area contributed by atoms with E-state index in [-0.39, 0.29) is 0 Å². The van der Waals surface area contributed by atoms with E-state index in [1.807, 2.05) is 0 Å². The van der Waals surface area contributed by atoms with Gasteiger partial charge in [-0.2, -0.15) is 0 Å². The molecule has 0 heteroatoms. The van der Waals surface area contributed by atoms with Gasteiger partial charge in [0.1, 0.15) is 0 Å². The lowest BCUT2D eigenvalue weighted by atomic mass is 9.83. The van der Waals surface area contributed by atoms with Gasteiger partial charge in [0.25, 0.3) is 0 Å². The summed E-state index contributed by atoms with van der Waals surface area (Å²) in [5.74, 6) is 2.64. The molecule has 1 fully saturated rings. The van der Waals surface area contributed by atoms with Gasteiger partial charge >= 0.3 is 0 Å². The molecule has 3 rings (SSSR count). The Morgan fingerprint density at radius 2 is 0.846 bits per heavy atom. The van der Waals surface area contributed by atoms with Crippen LogP contribution in [0.5, 0.6) is 0 Å². The van der Waals surface area contributed by atoms with E-state index in [4.69, 9.17) is 0 Å². The normalized spacial score (nSPS) is 27.8. The predicted octanol–water partition coefficient (Wildman–Crippen LogP) is 9.34. The highest BCUT2D eigenvalue weighted by molar-refractivity contribution is 5.15. The largest absolute Gasteiger partial charge is 0.0848 e. The zero-order valence-corrected chi connectivity index (χ0v) is 17.8. The van der Waals surface area contributed by atoms with Crippen LogP contribution in [0.3, 0.4) is 0 Å². The second-order valence-corrected chi connectivity index (χ2v) is 9.22. The van der Waals surface area contributed by atoms with Crippen LogP contribution in [-0.4, -0.2) is 0 Å². The highest BCUT2D eigenvalue weighted by atomic mass is 14.2. The highest BCUT2D eigenvalue weighted by Crippen LogP contribution is 2.31.